The SMILES string of the molecule is CN(C[C@H](O)COC(c1ccc(Cl)cc1)c1ccc(Cl)cc1)C1CCCCC1. The molecule has 28 heavy (non-hydrogen) atoms. The van der Waals surface area contributed by atoms with Crippen LogP contribution in [0.4, 0.5) is 0 Å². The molecule has 3 rings (SSSR count). The van der Waals surface area contributed by atoms with Crippen LogP contribution in [0, 0.1) is 0 Å². The van der Waals surface area contributed by atoms with Crippen LogP contribution in [0.1, 0.15) is 49.3 Å². The van der Waals surface area contributed by atoms with E-state index in [2.05, 4.69) is 11.9 Å². The first kappa shape index (κ1) is 21.6. The van der Waals surface area contributed by atoms with E-state index >= 15 is 0 Å². The lowest BCUT2D eigenvalue weighted by Crippen LogP contribution is -2.40. The summed E-state index contributed by atoms with van der Waals surface area (Å²) in [5.41, 5.74) is 2.00. The molecule has 0 amide bonds. The number of rotatable bonds is 8. The highest BCUT2D eigenvalue weighted by Crippen LogP contribution is 2.28. The van der Waals surface area contributed by atoms with Crippen molar-refractivity contribution in [3.8, 4) is 0 Å². The number of hydrogen-bond donors (Lipinski definition) is 1. The summed E-state index contributed by atoms with van der Waals surface area (Å²) in [5, 5.41) is 11.9. The van der Waals surface area contributed by atoms with Crippen molar-refractivity contribution >= 4 is 23.2 Å². The van der Waals surface area contributed by atoms with E-state index in [9.17, 15) is 5.11 Å². The van der Waals surface area contributed by atoms with Crippen LogP contribution in [0.25, 0.3) is 0 Å². The summed E-state index contributed by atoms with van der Waals surface area (Å²) >= 11 is 12.1. The van der Waals surface area contributed by atoms with Crippen LogP contribution >= 0.6 is 23.2 Å². The third kappa shape index (κ3) is 6.20. The Labute approximate surface area is 178 Å². The fourth-order valence-electron chi connectivity index (χ4n) is 3.92. The van der Waals surface area contributed by atoms with Crippen molar-refractivity contribution in [3.05, 3.63) is 69.7 Å². The predicted molar refractivity (Wildman–Crippen MR) is 116 cm³/mol. The number of benzene rings is 2. The number of ether oxygens (including phenoxy) is 1. The molecule has 2 aromatic carbocycles. The standard InChI is InChI=1S/C23H29Cl2NO2/c1-26(21-5-3-2-4-6-21)15-22(27)16-28-23(17-7-11-19(24)12-8-17)18-9-13-20(25)14-10-18/h7-14,21-23,27H,2-6,15-16H2,1H3/t22-/m0/s1. The minimum atomic E-state index is -0.533. The van der Waals surface area contributed by atoms with Gasteiger partial charge in [0.15, 0.2) is 0 Å². The number of likely N-dealkylation sites (N-methyl/N-ethyl adjacent to an activating group) is 1. The molecule has 1 aliphatic rings. The zero-order valence-corrected chi connectivity index (χ0v) is 17.9. The fourth-order valence-corrected chi connectivity index (χ4v) is 4.18. The summed E-state index contributed by atoms with van der Waals surface area (Å²) in [5.74, 6) is 0. The van der Waals surface area contributed by atoms with Crippen molar-refractivity contribution in [1.29, 1.82) is 0 Å². The molecule has 0 aromatic heterocycles. The lowest BCUT2D eigenvalue weighted by Gasteiger charge is -2.32. The highest BCUT2D eigenvalue weighted by molar-refractivity contribution is 6.30. The third-order valence-electron chi connectivity index (χ3n) is 5.50. The van der Waals surface area contributed by atoms with Crippen molar-refractivity contribution < 1.29 is 9.84 Å². The Morgan fingerprint density at radius 1 is 0.929 bits per heavy atom. The van der Waals surface area contributed by atoms with Crippen molar-refractivity contribution in [2.24, 2.45) is 0 Å². The van der Waals surface area contributed by atoms with Crippen molar-refractivity contribution in [2.75, 3.05) is 20.2 Å². The van der Waals surface area contributed by atoms with Gasteiger partial charge >= 0.3 is 0 Å². The van der Waals surface area contributed by atoms with Gasteiger partial charge in [-0.1, -0.05) is 66.7 Å². The molecule has 0 heterocycles. The molecule has 0 spiro atoms. The number of aliphatic hydroxyl groups excluding tert-OH is 1. The van der Waals surface area contributed by atoms with Gasteiger partial charge in [-0.25, -0.2) is 0 Å². The van der Waals surface area contributed by atoms with E-state index in [0.29, 0.717) is 22.6 Å². The van der Waals surface area contributed by atoms with Gasteiger partial charge in [0.2, 0.25) is 0 Å². The average molecular weight is 422 g/mol. The summed E-state index contributed by atoms with van der Waals surface area (Å²) in [7, 11) is 2.11. The minimum Gasteiger partial charge on any atom is -0.389 e. The van der Waals surface area contributed by atoms with E-state index in [1.807, 2.05) is 48.5 Å². The first-order valence-corrected chi connectivity index (χ1v) is 10.8. The van der Waals surface area contributed by atoms with Crippen LogP contribution in [0.2, 0.25) is 10.0 Å². The number of aliphatic hydroxyl groups is 1. The van der Waals surface area contributed by atoms with Gasteiger partial charge in [-0.2, -0.15) is 0 Å². The lowest BCUT2D eigenvalue weighted by atomic mass is 9.94. The Bertz CT molecular complexity index is 669. The second-order valence-corrected chi connectivity index (χ2v) is 8.57. The Morgan fingerprint density at radius 2 is 1.43 bits per heavy atom. The van der Waals surface area contributed by atoms with E-state index in [0.717, 1.165) is 11.1 Å². The molecule has 1 aliphatic carbocycles. The smallest absolute Gasteiger partial charge is 0.108 e. The van der Waals surface area contributed by atoms with E-state index in [-0.39, 0.29) is 12.7 Å². The Kier molecular flexibility index (Phi) is 8.19. The molecule has 0 radical (unpaired) electrons. The Morgan fingerprint density at radius 3 is 1.93 bits per heavy atom. The van der Waals surface area contributed by atoms with Gasteiger partial charge in [0, 0.05) is 22.6 Å². The topological polar surface area (TPSA) is 32.7 Å². The largest absolute Gasteiger partial charge is 0.389 e. The van der Waals surface area contributed by atoms with Gasteiger partial charge < -0.3 is 14.7 Å². The molecular formula is C23H29Cl2NO2. The first-order valence-electron chi connectivity index (χ1n) is 10.0. The Balaban J connectivity index is 1.63. The van der Waals surface area contributed by atoms with Crippen LogP contribution in [-0.4, -0.2) is 42.4 Å². The zero-order chi connectivity index (χ0) is 19.9. The number of hydrogen-bond acceptors (Lipinski definition) is 3. The van der Waals surface area contributed by atoms with Gasteiger partial charge in [0.25, 0.3) is 0 Å². The molecule has 0 unspecified atom stereocenters. The van der Waals surface area contributed by atoms with Gasteiger partial charge in [0.1, 0.15) is 6.10 Å². The first-order chi connectivity index (χ1) is 13.5. The summed E-state index contributed by atoms with van der Waals surface area (Å²) < 4.78 is 6.18. The van der Waals surface area contributed by atoms with Crippen LogP contribution in [-0.2, 0) is 4.74 Å². The monoisotopic (exact) mass is 421 g/mol. The molecule has 5 heteroatoms. The van der Waals surface area contributed by atoms with Crippen molar-refractivity contribution in [2.45, 2.75) is 50.4 Å². The molecule has 152 valence electrons. The normalized spacial score (nSPS) is 16.6. The van der Waals surface area contributed by atoms with E-state index in [1.165, 1.54) is 32.1 Å². The second kappa shape index (κ2) is 10.6. The van der Waals surface area contributed by atoms with Gasteiger partial charge in [-0.3, -0.25) is 0 Å². The van der Waals surface area contributed by atoms with Crippen LogP contribution in [0.3, 0.4) is 0 Å². The third-order valence-corrected chi connectivity index (χ3v) is 6.00. The average Bonchev–Trinajstić information content (AvgIpc) is 2.71. The van der Waals surface area contributed by atoms with Crippen LogP contribution in [0.15, 0.2) is 48.5 Å². The molecule has 1 saturated carbocycles. The summed E-state index contributed by atoms with van der Waals surface area (Å²) in [6, 6.07) is 15.8. The molecule has 2 aromatic rings. The van der Waals surface area contributed by atoms with Crippen LogP contribution in [0.5, 0.6) is 0 Å². The highest BCUT2D eigenvalue weighted by Gasteiger charge is 2.22. The van der Waals surface area contributed by atoms with Gasteiger partial charge in [0.05, 0.1) is 12.7 Å². The molecule has 1 atom stereocenters. The van der Waals surface area contributed by atoms with Gasteiger partial charge in [-0.15, -0.1) is 0 Å². The number of nitrogens with zero attached hydrogens (tertiary/aromatic N) is 1. The fraction of sp³-hybridized carbons (Fsp3) is 0.478. The molecule has 1 N–H and O–H groups in total. The summed E-state index contributed by atoms with van der Waals surface area (Å²) in [6.07, 6.45) is 5.55. The quantitative estimate of drug-likeness (QED) is 0.590. The molecule has 0 aliphatic heterocycles. The maximum Gasteiger partial charge on any atom is 0.108 e. The maximum absolute atomic E-state index is 10.6. The summed E-state index contributed by atoms with van der Waals surface area (Å²) in [6.45, 7) is 0.894. The molecular weight excluding hydrogens is 393 g/mol. The summed E-state index contributed by atoms with van der Waals surface area (Å²) in [4.78, 5) is 2.28. The van der Waals surface area contributed by atoms with Crippen molar-refractivity contribution in [3.63, 3.8) is 0 Å². The molecule has 1 fully saturated rings. The van der Waals surface area contributed by atoms with E-state index in [1.54, 1.807) is 0 Å². The minimum absolute atomic E-state index is 0.271. The Hall–Kier alpha value is -1.10. The van der Waals surface area contributed by atoms with Crippen molar-refractivity contribution in [1.82, 2.24) is 4.90 Å². The highest BCUT2D eigenvalue weighted by atomic mass is 35.5. The van der Waals surface area contributed by atoms with E-state index < -0.39 is 6.10 Å². The molecule has 3 nitrogen and oxygen atoms in total. The predicted octanol–water partition coefficient (Wildman–Crippen LogP) is 5.72. The van der Waals surface area contributed by atoms with E-state index in [4.69, 9.17) is 27.9 Å². The van der Waals surface area contributed by atoms with Gasteiger partial charge in [-0.05, 0) is 55.3 Å². The molecule has 0 bridgehead atoms. The second-order valence-electron chi connectivity index (χ2n) is 7.70. The number of halogens is 2. The van der Waals surface area contributed by atoms with Crippen LogP contribution < -0.4 is 0 Å². The maximum atomic E-state index is 10.6. The molecule has 0 saturated heterocycles. The zero-order valence-electron chi connectivity index (χ0n) is 16.4. The lowest BCUT2D eigenvalue weighted by molar-refractivity contribution is -0.0121.